The minimum Gasteiger partial charge on any atom is -0.229 e. The minimum absolute atomic E-state index is 1.02. The second-order valence-corrected chi connectivity index (χ2v) is 4.55. The molecule has 0 N–H and O–H groups in total. The van der Waals surface area contributed by atoms with E-state index in [1.807, 2.05) is 6.92 Å². The van der Waals surface area contributed by atoms with Crippen molar-refractivity contribution in [1.82, 2.24) is 9.97 Å². The van der Waals surface area contributed by atoms with Crippen molar-refractivity contribution in [3.63, 3.8) is 0 Å². The first-order chi connectivity index (χ1) is 5.29. The largest absolute Gasteiger partial charge is 0.229 e. The van der Waals surface area contributed by atoms with E-state index < -0.39 is 0 Å². The molecule has 0 atom stereocenters. The number of nitrogens with zero attached hydrogens (tertiary/aromatic N) is 2. The zero-order chi connectivity index (χ0) is 7.84. The topological polar surface area (TPSA) is 25.8 Å². The van der Waals surface area contributed by atoms with Crippen LogP contribution in [0.3, 0.4) is 0 Å². The highest BCUT2D eigenvalue weighted by Gasteiger charge is 2.05. The highest BCUT2D eigenvalue weighted by molar-refractivity contribution is 7.26. The van der Waals surface area contributed by atoms with Gasteiger partial charge < -0.3 is 0 Å². The highest BCUT2D eigenvalue weighted by atomic mass is 32.1. The summed E-state index contributed by atoms with van der Waals surface area (Å²) in [6, 6.07) is 0. The molecule has 0 fully saturated rings. The molecule has 2 aromatic rings. The molecule has 0 unspecified atom stereocenters. The molecule has 0 aliphatic heterocycles. The third kappa shape index (κ3) is 1.16. The minimum atomic E-state index is 1.02. The molecule has 2 rings (SSSR count). The Kier molecular flexibility index (Phi) is 1.65. The fraction of sp³-hybridized carbons (Fsp3) is 0.429. The molecule has 2 aromatic heterocycles. The lowest BCUT2D eigenvalue weighted by Crippen LogP contribution is -1.72. The van der Waals surface area contributed by atoms with Crippen molar-refractivity contribution in [1.29, 1.82) is 0 Å². The van der Waals surface area contributed by atoms with Crippen LogP contribution in [0.4, 0.5) is 0 Å². The number of rotatable bonds is 1. The average molecular weight is 184 g/mol. The van der Waals surface area contributed by atoms with Crippen LogP contribution in [0.2, 0.25) is 0 Å². The van der Waals surface area contributed by atoms with E-state index in [4.69, 9.17) is 0 Å². The van der Waals surface area contributed by atoms with Gasteiger partial charge in [-0.15, -0.1) is 0 Å². The van der Waals surface area contributed by atoms with Gasteiger partial charge in [0.05, 0.1) is 10.0 Å². The van der Waals surface area contributed by atoms with Crippen LogP contribution in [0.5, 0.6) is 0 Å². The molecule has 0 radical (unpaired) electrons. The summed E-state index contributed by atoms with van der Waals surface area (Å²) in [5, 5.41) is 2.31. The molecular formula is C7H8N2S2. The van der Waals surface area contributed by atoms with Crippen LogP contribution in [-0.2, 0) is 6.42 Å². The molecule has 58 valence electrons. The predicted molar refractivity (Wildman–Crippen MR) is 49.4 cm³/mol. The van der Waals surface area contributed by atoms with E-state index in [2.05, 4.69) is 16.9 Å². The monoisotopic (exact) mass is 184 g/mol. The molecule has 0 saturated heterocycles. The van der Waals surface area contributed by atoms with Crippen LogP contribution >= 0.6 is 22.7 Å². The SMILES string of the molecule is CCc1nc2sc(C)nc2s1. The lowest BCUT2D eigenvalue weighted by atomic mass is 10.5. The summed E-state index contributed by atoms with van der Waals surface area (Å²) < 4.78 is 0. The Morgan fingerprint density at radius 2 is 1.91 bits per heavy atom. The van der Waals surface area contributed by atoms with E-state index in [-0.39, 0.29) is 0 Å². The summed E-state index contributed by atoms with van der Waals surface area (Å²) in [5.41, 5.74) is 0. The molecule has 4 heteroatoms. The second-order valence-electron chi connectivity index (χ2n) is 2.30. The summed E-state index contributed by atoms with van der Waals surface area (Å²) in [6.07, 6.45) is 1.02. The number of thiazole rings is 2. The molecule has 11 heavy (non-hydrogen) atoms. The van der Waals surface area contributed by atoms with Gasteiger partial charge in [-0.3, -0.25) is 0 Å². The predicted octanol–water partition coefficient (Wildman–Crippen LogP) is 2.62. The summed E-state index contributed by atoms with van der Waals surface area (Å²) in [4.78, 5) is 11.0. The zero-order valence-electron chi connectivity index (χ0n) is 6.42. The lowest BCUT2D eigenvalue weighted by Gasteiger charge is -1.80. The number of fused-ring (bicyclic) bond motifs is 1. The summed E-state index contributed by atoms with van der Waals surface area (Å²) >= 11 is 3.38. The van der Waals surface area contributed by atoms with Crippen molar-refractivity contribution >= 4 is 32.3 Å². The number of hydrogen-bond donors (Lipinski definition) is 0. The van der Waals surface area contributed by atoms with Crippen molar-refractivity contribution < 1.29 is 0 Å². The quantitative estimate of drug-likeness (QED) is 0.681. The maximum Gasteiger partial charge on any atom is 0.155 e. The number of aromatic nitrogens is 2. The molecule has 0 aliphatic carbocycles. The van der Waals surface area contributed by atoms with Crippen LogP contribution in [0.1, 0.15) is 16.9 Å². The van der Waals surface area contributed by atoms with Crippen molar-refractivity contribution in [3.05, 3.63) is 10.0 Å². The van der Waals surface area contributed by atoms with Gasteiger partial charge >= 0.3 is 0 Å². The highest BCUT2D eigenvalue weighted by Crippen LogP contribution is 2.26. The van der Waals surface area contributed by atoms with Crippen LogP contribution in [0.25, 0.3) is 9.66 Å². The van der Waals surface area contributed by atoms with Gasteiger partial charge in [-0.2, -0.15) is 0 Å². The maximum absolute atomic E-state index is 4.43. The Balaban J connectivity index is 2.64. The van der Waals surface area contributed by atoms with Gasteiger partial charge in [-0.25, -0.2) is 9.97 Å². The molecule has 0 saturated carbocycles. The van der Waals surface area contributed by atoms with Gasteiger partial charge in [0, 0.05) is 0 Å². The Morgan fingerprint density at radius 1 is 1.18 bits per heavy atom. The van der Waals surface area contributed by atoms with Crippen LogP contribution in [-0.4, -0.2) is 9.97 Å². The van der Waals surface area contributed by atoms with E-state index >= 15 is 0 Å². The van der Waals surface area contributed by atoms with E-state index in [0.29, 0.717) is 0 Å². The van der Waals surface area contributed by atoms with Gasteiger partial charge in [0.2, 0.25) is 0 Å². The van der Waals surface area contributed by atoms with E-state index in [0.717, 1.165) is 21.1 Å². The third-order valence-corrected chi connectivity index (χ3v) is 3.52. The van der Waals surface area contributed by atoms with Crippen molar-refractivity contribution in [2.75, 3.05) is 0 Å². The van der Waals surface area contributed by atoms with Gasteiger partial charge in [0.1, 0.15) is 0 Å². The summed E-state index contributed by atoms with van der Waals surface area (Å²) in [5.74, 6) is 0. The van der Waals surface area contributed by atoms with Crippen molar-refractivity contribution in [2.24, 2.45) is 0 Å². The first-order valence-electron chi connectivity index (χ1n) is 3.52. The molecule has 0 bridgehead atoms. The third-order valence-electron chi connectivity index (χ3n) is 1.43. The first kappa shape index (κ1) is 7.18. The van der Waals surface area contributed by atoms with E-state index in [1.165, 1.54) is 5.01 Å². The average Bonchev–Trinajstić information content (AvgIpc) is 2.43. The fourth-order valence-corrected chi connectivity index (χ4v) is 2.82. The lowest BCUT2D eigenvalue weighted by molar-refractivity contribution is 1.11. The normalized spacial score (nSPS) is 11.1. The Bertz CT molecular complexity index is 343. The molecular weight excluding hydrogens is 176 g/mol. The van der Waals surface area contributed by atoms with Crippen molar-refractivity contribution in [2.45, 2.75) is 20.3 Å². The summed E-state index contributed by atoms with van der Waals surface area (Å²) in [6.45, 7) is 4.14. The van der Waals surface area contributed by atoms with Crippen molar-refractivity contribution in [3.8, 4) is 0 Å². The van der Waals surface area contributed by atoms with Gasteiger partial charge in [-0.05, 0) is 13.3 Å². The van der Waals surface area contributed by atoms with Gasteiger partial charge in [0.15, 0.2) is 9.66 Å². The smallest absolute Gasteiger partial charge is 0.155 e. The Hall–Kier alpha value is -0.480. The molecule has 2 heterocycles. The number of hydrogen-bond acceptors (Lipinski definition) is 4. The fourth-order valence-electron chi connectivity index (χ4n) is 0.933. The maximum atomic E-state index is 4.43. The van der Waals surface area contributed by atoms with Gasteiger partial charge in [0.25, 0.3) is 0 Å². The Morgan fingerprint density at radius 3 is 2.55 bits per heavy atom. The van der Waals surface area contributed by atoms with Gasteiger partial charge in [-0.1, -0.05) is 29.6 Å². The molecule has 0 spiro atoms. The Labute approximate surface area is 72.9 Å². The second kappa shape index (κ2) is 2.53. The van der Waals surface area contributed by atoms with Crippen LogP contribution in [0, 0.1) is 6.92 Å². The van der Waals surface area contributed by atoms with Crippen LogP contribution in [0.15, 0.2) is 0 Å². The molecule has 0 amide bonds. The molecule has 2 nitrogen and oxygen atoms in total. The zero-order valence-corrected chi connectivity index (χ0v) is 8.05. The van der Waals surface area contributed by atoms with E-state index in [1.54, 1.807) is 22.7 Å². The van der Waals surface area contributed by atoms with E-state index in [9.17, 15) is 0 Å². The number of aryl methyl sites for hydroxylation is 2. The molecule has 0 aliphatic rings. The van der Waals surface area contributed by atoms with Crippen LogP contribution < -0.4 is 0 Å². The standard InChI is InChI=1S/C7H8N2S2/c1-3-5-9-7-6(11-5)8-4(2)10-7/h3H2,1-2H3. The molecule has 0 aromatic carbocycles. The summed E-state index contributed by atoms with van der Waals surface area (Å²) in [7, 11) is 0. The first-order valence-corrected chi connectivity index (χ1v) is 5.15.